The first-order valence-electron chi connectivity index (χ1n) is 8.36. The molecule has 0 aromatic carbocycles. The first kappa shape index (κ1) is 15.9. The fourth-order valence-corrected chi connectivity index (χ4v) is 3.35. The van der Waals surface area contributed by atoms with E-state index in [9.17, 15) is 9.59 Å². The van der Waals surface area contributed by atoms with E-state index in [-0.39, 0.29) is 17.9 Å². The Hall–Kier alpha value is -1.96. The quantitative estimate of drug-likeness (QED) is 0.765. The second kappa shape index (κ2) is 7.54. The highest BCUT2D eigenvalue weighted by Crippen LogP contribution is 2.18. The van der Waals surface area contributed by atoms with Gasteiger partial charge in [0.1, 0.15) is 18.7 Å². The molecular weight excluding hydrogens is 296 g/mol. The summed E-state index contributed by atoms with van der Waals surface area (Å²) in [5, 5.41) is 9.87. The third kappa shape index (κ3) is 4.28. The van der Waals surface area contributed by atoms with Crippen LogP contribution < -0.4 is 10.6 Å². The first-order chi connectivity index (χ1) is 11.2. The van der Waals surface area contributed by atoms with Gasteiger partial charge in [-0.25, -0.2) is 4.98 Å². The third-order valence-electron chi connectivity index (χ3n) is 4.58. The zero-order chi connectivity index (χ0) is 16.1. The number of rotatable bonds is 5. The molecule has 126 valence electrons. The fraction of sp³-hybridized carbons (Fsp3) is 0.733. The average molecular weight is 320 g/mol. The fourth-order valence-electron chi connectivity index (χ4n) is 3.35. The van der Waals surface area contributed by atoms with Crippen LogP contribution >= 0.6 is 0 Å². The topological polar surface area (TPSA) is 92.2 Å². The summed E-state index contributed by atoms with van der Waals surface area (Å²) in [6, 6.07) is -0.0909. The van der Waals surface area contributed by atoms with Crippen LogP contribution in [-0.4, -0.2) is 63.2 Å². The summed E-state index contributed by atoms with van der Waals surface area (Å²) in [4.78, 5) is 30.3. The van der Waals surface area contributed by atoms with Crippen molar-refractivity contribution < 1.29 is 9.59 Å². The van der Waals surface area contributed by atoms with Gasteiger partial charge in [-0.15, -0.1) is 0 Å². The molecule has 2 aliphatic rings. The molecule has 2 amide bonds. The van der Waals surface area contributed by atoms with Crippen molar-refractivity contribution >= 4 is 11.8 Å². The van der Waals surface area contributed by atoms with Crippen LogP contribution in [-0.2, 0) is 16.1 Å². The average Bonchev–Trinajstić information content (AvgIpc) is 3.14. The Bertz CT molecular complexity index is 532. The zero-order valence-corrected chi connectivity index (χ0v) is 13.3. The molecule has 1 aromatic rings. The predicted octanol–water partition coefficient (Wildman–Crippen LogP) is -0.473. The van der Waals surface area contributed by atoms with E-state index >= 15 is 0 Å². The van der Waals surface area contributed by atoms with Crippen LogP contribution in [0.5, 0.6) is 0 Å². The van der Waals surface area contributed by atoms with Gasteiger partial charge < -0.3 is 10.6 Å². The lowest BCUT2D eigenvalue weighted by molar-refractivity contribution is -0.129. The molecule has 0 aliphatic carbocycles. The summed E-state index contributed by atoms with van der Waals surface area (Å²) >= 11 is 0. The van der Waals surface area contributed by atoms with Gasteiger partial charge in [-0.05, 0) is 38.6 Å². The van der Waals surface area contributed by atoms with Gasteiger partial charge in [-0.2, -0.15) is 5.10 Å². The van der Waals surface area contributed by atoms with Gasteiger partial charge >= 0.3 is 0 Å². The second-order valence-corrected chi connectivity index (χ2v) is 6.29. The minimum absolute atomic E-state index is 0.0589. The van der Waals surface area contributed by atoms with E-state index in [4.69, 9.17) is 0 Å². The summed E-state index contributed by atoms with van der Waals surface area (Å²) in [7, 11) is 0. The molecule has 0 spiro atoms. The summed E-state index contributed by atoms with van der Waals surface area (Å²) in [6.07, 6.45) is 8.02. The highest BCUT2D eigenvalue weighted by molar-refractivity contribution is 5.88. The normalized spacial score (nSPS) is 25.8. The van der Waals surface area contributed by atoms with Crippen LogP contribution in [0.2, 0.25) is 0 Å². The number of hydrogen-bond acceptors (Lipinski definition) is 5. The maximum atomic E-state index is 12.3. The van der Waals surface area contributed by atoms with E-state index in [2.05, 4.69) is 25.6 Å². The predicted molar refractivity (Wildman–Crippen MR) is 83.4 cm³/mol. The molecule has 0 bridgehead atoms. The van der Waals surface area contributed by atoms with Gasteiger partial charge in [0.15, 0.2) is 0 Å². The SMILES string of the molecule is O=C(CN1CCC[C@@H]1Cn1cncn1)N[C@H]1CCCCNC1=O. The van der Waals surface area contributed by atoms with E-state index < -0.39 is 0 Å². The van der Waals surface area contributed by atoms with Crippen LogP contribution in [0.25, 0.3) is 0 Å². The van der Waals surface area contributed by atoms with Crippen molar-refractivity contribution in [2.75, 3.05) is 19.6 Å². The standard InChI is InChI=1S/C15H24N6O2/c22-14(19-13-5-1-2-6-17-15(13)23)9-20-7-3-4-12(20)8-21-11-16-10-18-21/h10-13H,1-9H2,(H,17,23)(H,19,22)/t12-,13+/m1/s1. The summed E-state index contributed by atoms with van der Waals surface area (Å²) in [5.74, 6) is -0.131. The van der Waals surface area contributed by atoms with Crippen molar-refractivity contribution in [3.63, 3.8) is 0 Å². The largest absolute Gasteiger partial charge is 0.354 e. The van der Waals surface area contributed by atoms with Crippen molar-refractivity contribution in [3.05, 3.63) is 12.7 Å². The van der Waals surface area contributed by atoms with E-state index in [0.717, 1.165) is 45.2 Å². The highest BCUT2D eigenvalue weighted by atomic mass is 16.2. The molecule has 0 saturated carbocycles. The Morgan fingerprint density at radius 2 is 2.26 bits per heavy atom. The minimum Gasteiger partial charge on any atom is -0.354 e. The molecule has 2 N–H and O–H groups in total. The lowest BCUT2D eigenvalue weighted by Crippen LogP contribution is -2.49. The summed E-state index contributed by atoms with van der Waals surface area (Å²) in [6.45, 7) is 2.70. The molecule has 3 heterocycles. The lowest BCUT2D eigenvalue weighted by Gasteiger charge is -2.24. The molecule has 1 aromatic heterocycles. The molecule has 3 rings (SSSR count). The van der Waals surface area contributed by atoms with Gasteiger partial charge in [-0.1, -0.05) is 0 Å². The van der Waals surface area contributed by atoms with Crippen molar-refractivity contribution in [2.45, 2.75) is 50.7 Å². The number of nitrogens with one attached hydrogen (secondary N) is 2. The molecule has 8 nitrogen and oxygen atoms in total. The molecule has 2 aliphatic heterocycles. The third-order valence-corrected chi connectivity index (χ3v) is 4.58. The first-order valence-corrected chi connectivity index (χ1v) is 8.36. The van der Waals surface area contributed by atoms with Crippen LogP contribution in [0.1, 0.15) is 32.1 Å². The van der Waals surface area contributed by atoms with Crippen LogP contribution in [0.3, 0.4) is 0 Å². The van der Waals surface area contributed by atoms with Crippen molar-refractivity contribution in [1.29, 1.82) is 0 Å². The van der Waals surface area contributed by atoms with Gasteiger partial charge in [0.25, 0.3) is 0 Å². The molecule has 0 unspecified atom stereocenters. The van der Waals surface area contributed by atoms with Crippen LogP contribution in [0, 0.1) is 0 Å². The van der Waals surface area contributed by atoms with E-state index in [0.29, 0.717) is 19.1 Å². The van der Waals surface area contributed by atoms with E-state index in [1.54, 1.807) is 11.0 Å². The molecule has 2 atom stereocenters. The molecule has 23 heavy (non-hydrogen) atoms. The number of carbonyl (C=O) groups is 2. The van der Waals surface area contributed by atoms with Gasteiger partial charge in [0.05, 0.1) is 13.1 Å². The number of amides is 2. The summed E-state index contributed by atoms with van der Waals surface area (Å²) in [5.41, 5.74) is 0. The van der Waals surface area contributed by atoms with Crippen molar-refractivity contribution in [2.24, 2.45) is 0 Å². The Kier molecular flexibility index (Phi) is 5.22. The number of hydrogen-bond donors (Lipinski definition) is 2. The smallest absolute Gasteiger partial charge is 0.242 e. The Morgan fingerprint density at radius 3 is 3.09 bits per heavy atom. The molecule has 2 fully saturated rings. The lowest BCUT2D eigenvalue weighted by atomic mass is 10.1. The zero-order valence-electron chi connectivity index (χ0n) is 13.3. The molecule has 2 saturated heterocycles. The Balaban J connectivity index is 1.51. The van der Waals surface area contributed by atoms with Crippen molar-refractivity contribution in [1.82, 2.24) is 30.3 Å². The van der Waals surface area contributed by atoms with Crippen LogP contribution in [0.4, 0.5) is 0 Å². The number of likely N-dealkylation sites (tertiary alicyclic amines) is 1. The Morgan fingerprint density at radius 1 is 1.35 bits per heavy atom. The molecule has 0 radical (unpaired) electrons. The maximum absolute atomic E-state index is 12.3. The summed E-state index contributed by atoms with van der Waals surface area (Å²) < 4.78 is 1.81. The van der Waals surface area contributed by atoms with Gasteiger partial charge in [0, 0.05) is 12.6 Å². The van der Waals surface area contributed by atoms with E-state index in [1.807, 2.05) is 0 Å². The Labute approximate surface area is 135 Å². The number of carbonyl (C=O) groups excluding carboxylic acids is 2. The van der Waals surface area contributed by atoms with Gasteiger partial charge in [-0.3, -0.25) is 19.2 Å². The van der Waals surface area contributed by atoms with Crippen LogP contribution in [0.15, 0.2) is 12.7 Å². The minimum atomic E-state index is -0.388. The van der Waals surface area contributed by atoms with E-state index in [1.165, 1.54) is 6.33 Å². The number of aromatic nitrogens is 3. The van der Waals surface area contributed by atoms with Gasteiger partial charge in [0.2, 0.25) is 11.8 Å². The second-order valence-electron chi connectivity index (χ2n) is 6.29. The molecule has 8 heteroatoms. The molecular formula is C15H24N6O2. The van der Waals surface area contributed by atoms with Crippen molar-refractivity contribution in [3.8, 4) is 0 Å². The monoisotopic (exact) mass is 320 g/mol. The maximum Gasteiger partial charge on any atom is 0.242 e. The highest BCUT2D eigenvalue weighted by Gasteiger charge is 2.28. The number of nitrogens with zero attached hydrogens (tertiary/aromatic N) is 4.